The first-order chi connectivity index (χ1) is 8.20. The number of ketones is 1. The summed E-state index contributed by atoms with van der Waals surface area (Å²) >= 11 is 0. The van der Waals surface area contributed by atoms with Crippen LogP contribution in [0, 0.1) is 0 Å². The van der Waals surface area contributed by atoms with Gasteiger partial charge in [-0.05, 0) is 12.1 Å². The summed E-state index contributed by atoms with van der Waals surface area (Å²) in [7, 11) is 1.94. The van der Waals surface area contributed by atoms with Crippen LogP contribution in [-0.2, 0) is 20.0 Å². The molecule has 0 radical (unpaired) electrons. The van der Waals surface area contributed by atoms with Crippen LogP contribution >= 0.6 is 0 Å². The number of hydrogen-bond acceptors (Lipinski definition) is 2. The van der Waals surface area contributed by atoms with E-state index in [1.54, 1.807) is 6.20 Å². The van der Waals surface area contributed by atoms with E-state index >= 15 is 0 Å². The summed E-state index contributed by atoms with van der Waals surface area (Å²) in [5.41, 5.74) is 2.00. The average molecular weight is 231 g/mol. The third-order valence-corrected chi connectivity index (χ3v) is 2.94. The summed E-state index contributed by atoms with van der Waals surface area (Å²) in [5.74, 6) is 0.198. The van der Waals surface area contributed by atoms with Gasteiger partial charge in [0.05, 0.1) is 0 Å². The molecule has 0 spiro atoms. The molecule has 0 saturated heterocycles. The van der Waals surface area contributed by atoms with E-state index in [4.69, 9.17) is 0 Å². The SMILES string of the molecule is CCC(=O)c1ccn(CCc2ccnn2C)c1. The van der Waals surface area contributed by atoms with Gasteiger partial charge in [0.25, 0.3) is 0 Å². The number of nitrogens with zero attached hydrogens (tertiary/aromatic N) is 3. The summed E-state index contributed by atoms with van der Waals surface area (Å²) in [4.78, 5) is 11.5. The zero-order valence-corrected chi connectivity index (χ0v) is 10.3. The predicted molar refractivity (Wildman–Crippen MR) is 66.0 cm³/mol. The molecule has 0 atom stereocenters. The van der Waals surface area contributed by atoms with Crippen molar-refractivity contribution in [3.8, 4) is 0 Å². The van der Waals surface area contributed by atoms with Gasteiger partial charge in [-0.3, -0.25) is 9.48 Å². The van der Waals surface area contributed by atoms with Crippen LogP contribution in [0.4, 0.5) is 0 Å². The Morgan fingerprint density at radius 1 is 1.41 bits per heavy atom. The van der Waals surface area contributed by atoms with Gasteiger partial charge in [0, 0.05) is 56.3 Å². The Kier molecular flexibility index (Phi) is 3.42. The van der Waals surface area contributed by atoms with E-state index in [0.29, 0.717) is 6.42 Å². The third kappa shape index (κ3) is 2.64. The summed E-state index contributed by atoms with van der Waals surface area (Å²) in [6, 6.07) is 3.90. The van der Waals surface area contributed by atoms with Crippen LogP contribution in [0.3, 0.4) is 0 Å². The van der Waals surface area contributed by atoms with Crippen LogP contribution in [-0.4, -0.2) is 20.1 Å². The van der Waals surface area contributed by atoms with Crippen LogP contribution < -0.4 is 0 Å². The maximum absolute atomic E-state index is 11.5. The van der Waals surface area contributed by atoms with Crippen LogP contribution in [0.5, 0.6) is 0 Å². The van der Waals surface area contributed by atoms with Gasteiger partial charge in [-0.2, -0.15) is 5.10 Å². The highest BCUT2D eigenvalue weighted by Crippen LogP contribution is 2.06. The molecular formula is C13H17N3O. The largest absolute Gasteiger partial charge is 0.353 e. The van der Waals surface area contributed by atoms with E-state index in [1.165, 1.54) is 5.69 Å². The molecule has 4 heteroatoms. The Hall–Kier alpha value is -1.84. The summed E-state index contributed by atoms with van der Waals surface area (Å²) in [5, 5.41) is 4.13. The molecule has 0 aliphatic rings. The van der Waals surface area contributed by atoms with Gasteiger partial charge in [-0.1, -0.05) is 6.92 Å². The monoisotopic (exact) mass is 231 g/mol. The number of aromatic nitrogens is 3. The normalized spacial score (nSPS) is 10.7. The molecule has 2 aromatic heterocycles. The zero-order valence-electron chi connectivity index (χ0n) is 10.3. The lowest BCUT2D eigenvalue weighted by Crippen LogP contribution is -2.04. The fourth-order valence-corrected chi connectivity index (χ4v) is 1.84. The fraction of sp³-hybridized carbons (Fsp3) is 0.385. The highest BCUT2D eigenvalue weighted by atomic mass is 16.1. The van der Waals surface area contributed by atoms with Crippen molar-refractivity contribution in [1.29, 1.82) is 0 Å². The molecule has 0 saturated carbocycles. The van der Waals surface area contributed by atoms with Crippen molar-refractivity contribution in [3.63, 3.8) is 0 Å². The van der Waals surface area contributed by atoms with Crippen LogP contribution in [0.1, 0.15) is 29.4 Å². The minimum absolute atomic E-state index is 0.198. The Labute approximate surface area is 101 Å². The number of hydrogen-bond donors (Lipinski definition) is 0. The summed E-state index contributed by atoms with van der Waals surface area (Å²) in [6.07, 6.45) is 7.16. The zero-order chi connectivity index (χ0) is 12.3. The highest BCUT2D eigenvalue weighted by Gasteiger charge is 2.05. The van der Waals surface area contributed by atoms with E-state index in [1.807, 2.05) is 43.2 Å². The number of carbonyl (C=O) groups excluding carboxylic acids is 1. The molecule has 2 heterocycles. The van der Waals surface area contributed by atoms with Crippen molar-refractivity contribution in [1.82, 2.24) is 14.3 Å². The Morgan fingerprint density at radius 3 is 2.88 bits per heavy atom. The minimum atomic E-state index is 0.198. The molecule has 0 unspecified atom stereocenters. The van der Waals surface area contributed by atoms with E-state index in [2.05, 4.69) is 9.67 Å². The van der Waals surface area contributed by atoms with Gasteiger partial charge in [0.15, 0.2) is 5.78 Å². The molecule has 0 aromatic carbocycles. The first-order valence-electron chi connectivity index (χ1n) is 5.86. The third-order valence-electron chi connectivity index (χ3n) is 2.94. The second-order valence-corrected chi connectivity index (χ2v) is 4.11. The lowest BCUT2D eigenvalue weighted by atomic mass is 10.2. The molecule has 0 fully saturated rings. The molecule has 0 amide bonds. The average Bonchev–Trinajstić information content (AvgIpc) is 2.94. The standard InChI is InChI=1S/C13H17N3O/c1-3-13(17)11-5-8-16(10-11)9-6-12-4-7-14-15(12)2/h4-5,7-8,10H,3,6,9H2,1-2H3. The van der Waals surface area contributed by atoms with Crippen LogP contribution in [0.25, 0.3) is 0 Å². The maximum Gasteiger partial charge on any atom is 0.164 e. The summed E-state index contributed by atoms with van der Waals surface area (Å²) in [6.45, 7) is 2.76. The first kappa shape index (κ1) is 11.6. The molecule has 2 aromatic rings. The lowest BCUT2D eigenvalue weighted by molar-refractivity contribution is 0.0988. The molecule has 0 aliphatic carbocycles. The molecule has 2 rings (SSSR count). The quantitative estimate of drug-likeness (QED) is 0.739. The second kappa shape index (κ2) is 4.99. The molecule has 17 heavy (non-hydrogen) atoms. The van der Waals surface area contributed by atoms with Crippen molar-refractivity contribution in [3.05, 3.63) is 42.0 Å². The van der Waals surface area contributed by atoms with E-state index in [9.17, 15) is 4.79 Å². The smallest absolute Gasteiger partial charge is 0.164 e. The van der Waals surface area contributed by atoms with Crippen molar-refractivity contribution in [2.75, 3.05) is 0 Å². The molecular weight excluding hydrogens is 214 g/mol. The molecule has 90 valence electrons. The van der Waals surface area contributed by atoms with Gasteiger partial charge in [-0.15, -0.1) is 0 Å². The number of rotatable bonds is 5. The Bertz CT molecular complexity index is 510. The second-order valence-electron chi connectivity index (χ2n) is 4.11. The number of Topliss-reactive ketones (excluding diaryl/α,β-unsaturated/α-hetero) is 1. The number of aryl methyl sites for hydroxylation is 3. The van der Waals surface area contributed by atoms with Crippen molar-refractivity contribution >= 4 is 5.78 Å². The van der Waals surface area contributed by atoms with Crippen LogP contribution in [0.15, 0.2) is 30.7 Å². The van der Waals surface area contributed by atoms with E-state index in [-0.39, 0.29) is 5.78 Å². The Morgan fingerprint density at radius 2 is 2.24 bits per heavy atom. The topological polar surface area (TPSA) is 39.8 Å². The predicted octanol–water partition coefficient (Wildman–Crippen LogP) is 2.06. The lowest BCUT2D eigenvalue weighted by Gasteiger charge is -2.03. The Balaban J connectivity index is 1.98. The summed E-state index contributed by atoms with van der Waals surface area (Å²) < 4.78 is 3.93. The van der Waals surface area contributed by atoms with Gasteiger partial charge in [-0.25, -0.2) is 0 Å². The van der Waals surface area contributed by atoms with Crippen LogP contribution in [0.2, 0.25) is 0 Å². The van der Waals surface area contributed by atoms with Gasteiger partial charge in [0.2, 0.25) is 0 Å². The molecule has 0 N–H and O–H groups in total. The fourth-order valence-electron chi connectivity index (χ4n) is 1.84. The minimum Gasteiger partial charge on any atom is -0.353 e. The van der Waals surface area contributed by atoms with Crippen molar-refractivity contribution in [2.45, 2.75) is 26.3 Å². The van der Waals surface area contributed by atoms with Gasteiger partial charge in [0.1, 0.15) is 0 Å². The molecule has 0 aliphatic heterocycles. The van der Waals surface area contributed by atoms with E-state index in [0.717, 1.165) is 18.5 Å². The van der Waals surface area contributed by atoms with Crippen molar-refractivity contribution < 1.29 is 4.79 Å². The molecule has 4 nitrogen and oxygen atoms in total. The van der Waals surface area contributed by atoms with Gasteiger partial charge < -0.3 is 4.57 Å². The maximum atomic E-state index is 11.5. The molecule has 0 bridgehead atoms. The first-order valence-corrected chi connectivity index (χ1v) is 5.86. The van der Waals surface area contributed by atoms with Crippen molar-refractivity contribution in [2.24, 2.45) is 7.05 Å². The van der Waals surface area contributed by atoms with Gasteiger partial charge >= 0.3 is 0 Å². The highest BCUT2D eigenvalue weighted by molar-refractivity contribution is 5.95. The number of carbonyl (C=O) groups is 1. The van der Waals surface area contributed by atoms with E-state index < -0.39 is 0 Å².